The fourth-order valence-corrected chi connectivity index (χ4v) is 2.12. The second kappa shape index (κ2) is 13.5. The number of hydrogen-bond acceptors (Lipinski definition) is 4. The molecule has 1 N–H and O–H groups in total. The fraction of sp³-hybridized carbons (Fsp3) is 0.409. The number of ketones is 1. The molecule has 0 aliphatic rings. The quantitative estimate of drug-likeness (QED) is 0.626. The SMILES string of the molecule is CC.CC.CCCC(C)=O.Cc1ccc2nn(-c3ccccc3O)nc2c1. The summed E-state index contributed by atoms with van der Waals surface area (Å²) in [5.74, 6) is 0.460. The summed E-state index contributed by atoms with van der Waals surface area (Å²) in [5, 5.41) is 18.4. The number of phenolic OH excluding ortho intramolecular Hbond substituents is 1. The Morgan fingerprint density at radius 2 is 1.59 bits per heavy atom. The van der Waals surface area contributed by atoms with E-state index in [1.54, 1.807) is 25.1 Å². The van der Waals surface area contributed by atoms with Crippen molar-refractivity contribution in [3.8, 4) is 11.4 Å². The molecule has 1 heterocycles. The van der Waals surface area contributed by atoms with Crippen molar-refractivity contribution < 1.29 is 9.90 Å². The summed E-state index contributed by atoms with van der Waals surface area (Å²) in [7, 11) is 0. The molecule has 0 amide bonds. The first-order valence-corrected chi connectivity index (χ1v) is 9.62. The van der Waals surface area contributed by atoms with Crippen molar-refractivity contribution in [2.24, 2.45) is 0 Å². The van der Waals surface area contributed by atoms with Crippen LogP contribution in [0.4, 0.5) is 0 Å². The van der Waals surface area contributed by atoms with Gasteiger partial charge in [0.2, 0.25) is 0 Å². The molecule has 2 aromatic carbocycles. The number of aromatic hydroxyl groups is 1. The Balaban J connectivity index is 0.000000577. The molecule has 0 aliphatic carbocycles. The van der Waals surface area contributed by atoms with Gasteiger partial charge in [0.05, 0.1) is 0 Å². The number of aryl methyl sites for hydroxylation is 1. The van der Waals surface area contributed by atoms with E-state index in [0.717, 1.165) is 29.4 Å². The van der Waals surface area contributed by atoms with Crippen LogP contribution >= 0.6 is 0 Å². The Labute approximate surface area is 163 Å². The third-order valence-electron chi connectivity index (χ3n) is 3.24. The van der Waals surface area contributed by atoms with Gasteiger partial charge in [-0.3, -0.25) is 0 Å². The highest BCUT2D eigenvalue weighted by Gasteiger charge is 2.07. The average Bonchev–Trinajstić information content (AvgIpc) is 3.08. The third-order valence-corrected chi connectivity index (χ3v) is 3.24. The number of rotatable bonds is 3. The predicted molar refractivity (Wildman–Crippen MR) is 114 cm³/mol. The molecule has 0 fully saturated rings. The first-order chi connectivity index (χ1) is 13.0. The lowest BCUT2D eigenvalue weighted by atomic mass is 10.2. The summed E-state index contributed by atoms with van der Waals surface area (Å²) < 4.78 is 0. The van der Waals surface area contributed by atoms with Gasteiger partial charge in [0.25, 0.3) is 0 Å². The molecule has 0 saturated carbocycles. The van der Waals surface area contributed by atoms with Crippen LogP contribution in [0.1, 0.15) is 59.9 Å². The van der Waals surface area contributed by atoms with Gasteiger partial charge < -0.3 is 9.90 Å². The van der Waals surface area contributed by atoms with Crippen LogP contribution in [0, 0.1) is 6.92 Å². The predicted octanol–water partition coefficient (Wildman–Crippen LogP) is 5.86. The van der Waals surface area contributed by atoms with Crippen LogP contribution in [0.2, 0.25) is 0 Å². The maximum atomic E-state index is 10.0. The van der Waals surface area contributed by atoms with Gasteiger partial charge in [0, 0.05) is 6.42 Å². The van der Waals surface area contributed by atoms with E-state index in [2.05, 4.69) is 10.2 Å². The third kappa shape index (κ3) is 8.03. The monoisotopic (exact) mass is 371 g/mol. The Bertz CT molecular complexity index is 810. The molecule has 148 valence electrons. The van der Waals surface area contributed by atoms with Gasteiger partial charge >= 0.3 is 0 Å². The van der Waals surface area contributed by atoms with Crippen LogP contribution in [-0.2, 0) is 4.79 Å². The maximum Gasteiger partial charge on any atom is 0.143 e. The second-order valence-corrected chi connectivity index (χ2v) is 5.42. The first-order valence-electron chi connectivity index (χ1n) is 9.62. The lowest BCUT2D eigenvalue weighted by molar-refractivity contribution is -0.117. The number of Topliss-reactive ketones (excluding diaryl/α,β-unsaturated/α-hetero) is 1. The molecule has 0 aliphatic heterocycles. The molecule has 0 spiro atoms. The van der Waals surface area contributed by atoms with Crippen molar-refractivity contribution in [1.82, 2.24) is 15.0 Å². The summed E-state index contributed by atoms with van der Waals surface area (Å²) in [6, 6.07) is 12.9. The fourth-order valence-electron chi connectivity index (χ4n) is 2.12. The molecule has 0 bridgehead atoms. The highest BCUT2D eigenvalue weighted by molar-refractivity contribution is 5.75. The minimum absolute atomic E-state index is 0.171. The number of para-hydroxylation sites is 2. The largest absolute Gasteiger partial charge is 0.506 e. The van der Waals surface area contributed by atoms with Gasteiger partial charge in [0.15, 0.2) is 0 Å². The van der Waals surface area contributed by atoms with Crippen molar-refractivity contribution >= 4 is 16.8 Å². The zero-order valence-electron chi connectivity index (χ0n) is 17.7. The van der Waals surface area contributed by atoms with Crippen LogP contribution in [0.25, 0.3) is 16.7 Å². The number of aromatic nitrogens is 3. The molecular formula is C22H33N3O2. The molecular weight excluding hydrogens is 338 g/mol. The van der Waals surface area contributed by atoms with Crippen molar-refractivity contribution in [2.45, 2.75) is 61.3 Å². The van der Waals surface area contributed by atoms with Crippen LogP contribution in [0.5, 0.6) is 5.75 Å². The average molecular weight is 372 g/mol. The van der Waals surface area contributed by atoms with E-state index in [4.69, 9.17) is 0 Å². The normalized spacial score (nSPS) is 9.15. The van der Waals surface area contributed by atoms with Crippen LogP contribution < -0.4 is 0 Å². The lowest BCUT2D eigenvalue weighted by Crippen LogP contribution is -1.98. The van der Waals surface area contributed by atoms with Crippen LogP contribution in [-0.4, -0.2) is 25.9 Å². The molecule has 0 atom stereocenters. The second-order valence-electron chi connectivity index (χ2n) is 5.42. The van der Waals surface area contributed by atoms with Gasteiger partial charge in [0.1, 0.15) is 28.3 Å². The maximum absolute atomic E-state index is 10.0. The lowest BCUT2D eigenvalue weighted by Gasteiger charge is -2.00. The number of carbonyl (C=O) groups is 1. The van der Waals surface area contributed by atoms with E-state index in [9.17, 15) is 9.90 Å². The number of nitrogens with zero attached hydrogens (tertiary/aromatic N) is 3. The van der Waals surface area contributed by atoms with E-state index < -0.39 is 0 Å². The minimum atomic E-state index is 0.171. The summed E-state index contributed by atoms with van der Waals surface area (Å²) >= 11 is 0. The van der Waals surface area contributed by atoms with E-state index in [1.165, 1.54) is 4.80 Å². The van der Waals surface area contributed by atoms with E-state index in [-0.39, 0.29) is 11.5 Å². The highest BCUT2D eigenvalue weighted by atomic mass is 16.3. The van der Waals surface area contributed by atoms with Gasteiger partial charge in [-0.15, -0.1) is 15.0 Å². The molecule has 0 unspecified atom stereocenters. The number of phenols is 1. The molecule has 0 radical (unpaired) electrons. The van der Waals surface area contributed by atoms with E-state index in [1.807, 2.05) is 65.8 Å². The zero-order valence-corrected chi connectivity index (χ0v) is 17.7. The first kappa shape index (κ1) is 24.3. The van der Waals surface area contributed by atoms with Crippen molar-refractivity contribution in [1.29, 1.82) is 0 Å². The molecule has 0 saturated heterocycles. The molecule has 3 rings (SSSR count). The van der Waals surface area contributed by atoms with Gasteiger partial charge in [-0.1, -0.05) is 52.8 Å². The Kier molecular flexibility index (Phi) is 12.2. The van der Waals surface area contributed by atoms with Crippen molar-refractivity contribution in [3.05, 3.63) is 48.0 Å². The van der Waals surface area contributed by atoms with E-state index in [0.29, 0.717) is 5.69 Å². The molecule has 5 nitrogen and oxygen atoms in total. The van der Waals surface area contributed by atoms with E-state index >= 15 is 0 Å². The number of carbonyl (C=O) groups excluding carboxylic acids is 1. The summed E-state index contributed by atoms with van der Waals surface area (Å²) in [4.78, 5) is 11.5. The van der Waals surface area contributed by atoms with Crippen LogP contribution in [0.15, 0.2) is 42.5 Å². The number of fused-ring (bicyclic) bond motifs is 1. The summed E-state index contributed by atoms with van der Waals surface area (Å²) in [6.45, 7) is 13.6. The standard InChI is InChI=1S/C13H11N3O.C5H10O.2C2H6/c1-9-6-7-10-11(8-9)15-16(14-10)12-4-2-3-5-13(12)17;1-3-4-5(2)6;2*1-2/h2-8,17H,1H3;3-4H2,1-2H3;2*1-2H3. The Morgan fingerprint density at radius 3 is 2.11 bits per heavy atom. The smallest absolute Gasteiger partial charge is 0.143 e. The van der Waals surface area contributed by atoms with Gasteiger partial charge in [-0.25, -0.2) is 0 Å². The molecule has 27 heavy (non-hydrogen) atoms. The topological polar surface area (TPSA) is 68.0 Å². The molecule has 3 aromatic rings. The minimum Gasteiger partial charge on any atom is -0.506 e. The Morgan fingerprint density at radius 1 is 1.00 bits per heavy atom. The van der Waals surface area contributed by atoms with Crippen LogP contribution in [0.3, 0.4) is 0 Å². The van der Waals surface area contributed by atoms with Crippen molar-refractivity contribution in [2.75, 3.05) is 0 Å². The summed E-state index contributed by atoms with van der Waals surface area (Å²) in [5.41, 5.74) is 3.37. The molecule has 5 heteroatoms. The summed E-state index contributed by atoms with van der Waals surface area (Å²) in [6.07, 6.45) is 1.72. The van der Waals surface area contributed by atoms with Gasteiger partial charge in [-0.05, 0) is 50.1 Å². The molecule has 1 aromatic heterocycles. The Hall–Kier alpha value is -2.69. The number of hydrogen-bond donors (Lipinski definition) is 1. The van der Waals surface area contributed by atoms with Gasteiger partial charge in [-0.2, -0.15) is 0 Å². The number of benzene rings is 2. The van der Waals surface area contributed by atoms with Crippen molar-refractivity contribution in [3.63, 3.8) is 0 Å². The zero-order chi connectivity index (χ0) is 20.8. The highest BCUT2D eigenvalue weighted by Crippen LogP contribution is 2.21.